The maximum atomic E-state index is 12.7. The number of hydrogen-bond acceptors (Lipinski definition) is 5. The summed E-state index contributed by atoms with van der Waals surface area (Å²) in [5, 5.41) is 8.94. The highest BCUT2D eigenvalue weighted by Gasteiger charge is 2.36. The number of aliphatic carboxylic acids is 1. The van der Waals surface area contributed by atoms with E-state index in [0.29, 0.717) is 32.4 Å². The van der Waals surface area contributed by atoms with Crippen molar-refractivity contribution in [2.24, 2.45) is 0 Å². The van der Waals surface area contributed by atoms with Crippen LogP contribution < -0.4 is 9.62 Å². The highest BCUT2D eigenvalue weighted by Crippen LogP contribution is 2.31. The Balaban J connectivity index is 1.64. The number of carbonyl (C=O) groups excluding carboxylic acids is 1. The van der Waals surface area contributed by atoms with Crippen LogP contribution in [0.15, 0.2) is 23.1 Å². The number of anilines is 1. The summed E-state index contributed by atoms with van der Waals surface area (Å²) in [6.45, 7) is 4.56. The number of carbonyl (C=O) groups is 2. The fourth-order valence-electron chi connectivity index (χ4n) is 3.81. The lowest BCUT2D eigenvalue weighted by Crippen LogP contribution is -2.54. The van der Waals surface area contributed by atoms with E-state index in [1.165, 1.54) is 13.0 Å². The molecule has 9 heteroatoms. The third-order valence-electron chi connectivity index (χ3n) is 5.33. The molecule has 0 aromatic heterocycles. The molecule has 1 heterocycles. The van der Waals surface area contributed by atoms with E-state index >= 15 is 0 Å². The van der Waals surface area contributed by atoms with E-state index in [9.17, 15) is 18.0 Å². The summed E-state index contributed by atoms with van der Waals surface area (Å²) in [6.07, 6.45) is 1.84. The minimum absolute atomic E-state index is 0.0297. The molecule has 1 amide bonds. The number of sulfonamides is 1. The van der Waals surface area contributed by atoms with Gasteiger partial charge in [-0.1, -0.05) is 6.92 Å². The van der Waals surface area contributed by atoms with E-state index < -0.39 is 16.0 Å². The Kier molecular flexibility index (Phi) is 5.55. The van der Waals surface area contributed by atoms with E-state index in [1.54, 1.807) is 17.0 Å². The van der Waals surface area contributed by atoms with Gasteiger partial charge in [0.15, 0.2) is 0 Å². The highest BCUT2D eigenvalue weighted by atomic mass is 32.2. The van der Waals surface area contributed by atoms with E-state index in [-0.39, 0.29) is 29.4 Å². The molecule has 1 aromatic carbocycles. The lowest BCUT2D eigenvalue weighted by molar-refractivity contribution is -0.139. The molecule has 148 valence electrons. The van der Waals surface area contributed by atoms with Gasteiger partial charge >= 0.3 is 5.97 Å². The zero-order chi connectivity index (χ0) is 19.8. The second kappa shape index (κ2) is 7.57. The minimum Gasteiger partial charge on any atom is -0.480 e. The molecule has 3 rings (SSSR count). The molecule has 8 nitrogen and oxygen atoms in total. The van der Waals surface area contributed by atoms with Gasteiger partial charge in [0, 0.05) is 31.2 Å². The first-order valence-corrected chi connectivity index (χ1v) is 10.6. The van der Waals surface area contributed by atoms with Gasteiger partial charge in [0.05, 0.1) is 11.4 Å². The molecular weight excluding hydrogens is 370 g/mol. The van der Waals surface area contributed by atoms with E-state index in [2.05, 4.69) is 4.72 Å². The third kappa shape index (κ3) is 4.15. The molecule has 0 radical (unpaired) electrons. The Morgan fingerprint density at radius 1 is 1.33 bits per heavy atom. The molecule has 0 bridgehead atoms. The predicted octanol–water partition coefficient (Wildman–Crippen LogP) is 0.811. The normalized spacial score (nSPS) is 21.8. The van der Waals surface area contributed by atoms with Crippen LogP contribution in [0.2, 0.25) is 0 Å². The largest absolute Gasteiger partial charge is 0.480 e. The number of benzene rings is 1. The monoisotopic (exact) mass is 395 g/mol. The Bertz CT molecular complexity index is 849. The number of nitrogens with one attached hydrogen (secondary N) is 1. The molecule has 1 fully saturated rings. The molecule has 0 spiro atoms. The fourth-order valence-corrected chi connectivity index (χ4v) is 5.13. The molecule has 1 aromatic rings. The van der Waals surface area contributed by atoms with Crippen LogP contribution in [0.4, 0.5) is 5.69 Å². The molecule has 2 aliphatic rings. The summed E-state index contributed by atoms with van der Waals surface area (Å²) in [5.41, 5.74) is 1.63. The van der Waals surface area contributed by atoms with Crippen LogP contribution in [0, 0.1) is 0 Å². The van der Waals surface area contributed by atoms with Crippen molar-refractivity contribution in [2.75, 3.05) is 24.5 Å². The van der Waals surface area contributed by atoms with Crippen LogP contribution in [0.25, 0.3) is 0 Å². The third-order valence-corrected chi connectivity index (χ3v) is 6.85. The summed E-state index contributed by atoms with van der Waals surface area (Å²) in [7, 11) is -3.65. The first-order valence-electron chi connectivity index (χ1n) is 9.10. The Hall–Kier alpha value is -1.97. The van der Waals surface area contributed by atoms with Crippen molar-refractivity contribution < 1.29 is 23.1 Å². The first-order chi connectivity index (χ1) is 12.7. The average Bonchev–Trinajstić information content (AvgIpc) is 2.99. The summed E-state index contributed by atoms with van der Waals surface area (Å²) < 4.78 is 28.1. The number of likely N-dealkylation sites (N-methyl/N-ethyl adjacent to an activating group) is 1. The maximum Gasteiger partial charge on any atom is 0.317 e. The Morgan fingerprint density at radius 3 is 2.63 bits per heavy atom. The van der Waals surface area contributed by atoms with E-state index in [1.807, 2.05) is 11.8 Å². The molecular formula is C18H25N3O5S. The summed E-state index contributed by atoms with van der Waals surface area (Å²) in [4.78, 5) is 26.2. The standard InChI is InChI=1S/C18H25N3O5S/c1-3-20(11-18(23)24)15-9-14(10-15)19-27(25,26)16-4-5-17-13(8-16)6-7-21(17)12(2)22/h4-5,8,14-15,19H,3,6-7,9-11H2,1-2H3,(H,23,24). The second-order valence-electron chi connectivity index (χ2n) is 7.11. The summed E-state index contributed by atoms with van der Waals surface area (Å²) in [6, 6.07) is 4.75. The number of carboxylic acids is 1. The Labute approximate surface area is 159 Å². The molecule has 2 N–H and O–H groups in total. The molecule has 0 saturated heterocycles. The smallest absolute Gasteiger partial charge is 0.317 e. The summed E-state index contributed by atoms with van der Waals surface area (Å²) in [5.74, 6) is -0.927. The molecule has 0 atom stereocenters. The van der Waals surface area contributed by atoms with Crippen LogP contribution in [-0.4, -0.2) is 62.0 Å². The zero-order valence-corrected chi connectivity index (χ0v) is 16.3. The summed E-state index contributed by atoms with van der Waals surface area (Å²) >= 11 is 0. The van der Waals surface area contributed by atoms with Gasteiger partial charge in [-0.2, -0.15) is 0 Å². The van der Waals surface area contributed by atoms with Crippen LogP contribution >= 0.6 is 0 Å². The lowest BCUT2D eigenvalue weighted by Gasteiger charge is -2.42. The van der Waals surface area contributed by atoms with Crippen molar-refractivity contribution in [3.8, 4) is 0 Å². The van der Waals surface area contributed by atoms with Crippen LogP contribution in [0.5, 0.6) is 0 Å². The minimum atomic E-state index is -3.65. The van der Waals surface area contributed by atoms with E-state index in [0.717, 1.165) is 11.3 Å². The first kappa shape index (κ1) is 19.8. The number of carboxylic acid groups (broad SMARTS) is 1. The van der Waals surface area contributed by atoms with Crippen molar-refractivity contribution in [1.82, 2.24) is 9.62 Å². The number of fused-ring (bicyclic) bond motifs is 1. The Morgan fingerprint density at radius 2 is 2.04 bits per heavy atom. The van der Waals surface area contributed by atoms with Gasteiger partial charge in [0.2, 0.25) is 15.9 Å². The molecule has 1 saturated carbocycles. The molecule has 1 aliphatic carbocycles. The number of amides is 1. The van der Waals surface area contributed by atoms with Gasteiger partial charge in [-0.25, -0.2) is 13.1 Å². The van der Waals surface area contributed by atoms with Crippen LogP contribution in [-0.2, 0) is 26.0 Å². The lowest BCUT2D eigenvalue weighted by atomic mass is 9.86. The number of nitrogens with zero attached hydrogens (tertiary/aromatic N) is 2. The molecule has 27 heavy (non-hydrogen) atoms. The van der Waals surface area contributed by atoms with Crippen molar-refractivity contribution in [3.63, 3.8) is 0 Å². The van der Waals surface area contributed by atoms with Gasteiger partial charge in [-0.05, 0) is 49.6 Å². The number of hydrogen-bond donors (Lipinski definition) is 2. The van der Waals surface area contributed by atoms with Gasteiger partial charge in [0.25, 0.3) is 0 Å². The van der Waals surface area contributed by atoms with E-state index in [4.69, 9.17) is 5.11 Å². The van der Waals surface area contributed by atoms with Crippen molar-refractivity contribution in [2.45, 2.75) is 50.1 Å². The predicted molar refractivity (Wildman–Crippen MR) is 100 cm³/mol. The van der Waals surface area contributed by atoms with Crippen molar-refractivity contribution in [3.05, 3.63) is 23.8 Å². The second-order valence-corrected chi connectivity index (χ2v) is 8.83. The van der Waals surface area contributed by atoms with Gasteiger partial charge < -0.3 is 10.0 Å². The SMILES string of the molecule is CCN(CC(=O)O)C1CC(NS(=O)(=O)c2ccc3c(c2)CCN3C(C)=O)C1. The number of rotatable bonds is 7. The molecule has 1 aliphatic heterocycles. The fraction of sp³-hybridized carbons (Fsp3) is 0.556. The quantitative estimate of drug-likeness (QED) is 0.708. The molecule has 0 unspecified atom stereocenters. The van der Waals surface area contributed by atoms with Crippen molar-refractivity contribution in [1.29, 1.82) is 0 Å². The van der Waals surface area contributed by atoms with Crippen LogP contribution in [0.1, 0.15) is 32.3 Å². The maximum absolute atomic E-state index is 12.7. The topological polar surface area (TPSA) is 107 Å². The van der Waals surface area contributed by atoms with Gasteiger partial charge in [0.1, 0.15) is 0 Å². The van der Waals surface area contributed by atoms with Crippen LogP contribution in [0.3, 0.4) is 0 Å². The van der Waals surface area contributed by atoms with Crippen molar-refractivity contribution >= 4 is 27.6 Å². The zero-order valence-electron chi connectivity index (χ0n) is 15.5. The highest BCUT2D eigenvalue weighted by molar-refractivity contribution is 7.89. The average molecular weight is 395 g/mol. The van der Waals surface area contributed by atoms with Gasteiger partial charge in [-0.15, -0.1) is 0 Å². The van der Waals surface area contributed by atoms with Gasteiger partial charge in [-0.3, -0.25) is 14.5 Å².